The highest BCUT2D eigenvalue weighted by molar-refractivity contribution is 5.48. The smallest absolute Gasteiger partial charge is 0.102 e. The van der Waals surface area contributed by atoms with Gasteiger partial charge in [-0.25, -0.2) is 0 Å². The summed E-state index contributed by atoms with van der Waals surface area (Å²) in [5.74, 6) is 0. The number of aromatic nitrogens is 3. The molecule has 2 N–H and O–H groups in total. The second-order valence-electron chi connectivity index (χ2n) is 4.79. The third-order valence-corrected chi connectivity index (χ3v) is 3.00. The van der Waals surface area contributed by atoms with Gasteiger partial charge in [0.2, 0.25) is 0 Å². The van der Waals surface area contributed by atoms with Gasteiger partial charge >= 0.3 is 0 Å². The van der Waals surface area contributed by atoms with Crippen LogP contribution in [0.5, 0.6) is 0 Å². The summed E-state index contributed by atoms with van der Waals surface area (Å²) in [7, 11) is 1.88. The van der Waals surface area contributed by atoms with E-state index in [9.17, 15) is 0 Å². The fraction of sp³-hybridized carbons (Fsp3) is 0.429. The number of hydrogen-bond donors (Lipinski definition) is 1. The van der Waals surface area contributed by atoms with Crippen LogP contribution in [0.3, 0.4) is 0 Å². The minimum absolute atomic E-state index is 0.697. The second kappa shape index (κ2) is 6.33. The number of hydrogen-bond acceptors (Lipinski definition) is 4. The average molecular weight is 259 g/mol. The van der Waals surface area contributed by atoms with Gasteiger partial charge in [-0.3, -0.25) is 4.68 Å². The summed E-state index contributed by atoms with van der Waals surface area (Å²) in [5.41, 5.74) is 9.06. The van der Waals surface area contributed by atoms with Crippen molar-refractivity contribution in [2.75, 3.05) is 18.0 Å². The molecule has 102 valence electrons. The topological polar surface area (TPSA) is 60.0 Å². The van der Waals surface area contributed by atoms with Gasteiger partial charge in [-0.1, -0.05) is 17.3 Å². The monoisotopic (exact) mass is 259 g/mol. The summed E-state index contributed by atoms with van der Waals surface area (Å²) >= 11 is 0. The molecule has 0 saturated heterocycles. The second-order valence-corrected chi connectivity index (χ2v) is 4.79. The van der Waals surface area contributed by atoms with E-state index in [0.717, 1.165) is 25.2 Å². The van der Waals surface area contributed by atoms with E-state index < -0.39 is 0 Å². The van der Waals surface area contributed by atoms with E-state index in [1.54, 1.807) is 4.68 Å². The van der Waals surface area contributed by atoms with E-state index in [0.29, 0.717) is 6.54 Å². The molecule has 0 amide bonds. The molecule has 0 atom stereocenters. The summed E-state index contributed by atoms with van der Waals surface area (Å²) in [5, 5.41) is 8.13. The first kappa shape index (κ1) is 13.5. The van der Waals surface area contributed by atoms with Gasteiger partial charge in [0.25, 0.3) is 0 Å². The Morgan fingerprint density at radius 3 is 2.84 bits per heavy atom. The van der Waals surface area contributed by atoms with Gasteiger partial charge in [0.15, 0.2) is 0 Å². The van der Waals surface area contributed by atoms with Crippen LogP contribution in [-0.2, 0) is 13.6 Å². The third-order valence-electron chi connectivity index (χ3n) is 3.00. The number of nitrogens with two attached hydrogens (primary N) is 1. The molecule has 1 aromatic carbocycles. The fourth-order valence-electron chi connectivity index (χ4n) is 2.07. The van der Waals surface area contributed by atoms with Gasteiger partial charge in [0, 0.05) is 25.5 Å². The lowest BCUT2D eigenvalue weighted by atomic mass is 10.2. The van der Waals surface area contributed by atoms with Crippen molar-refractivity contribution in [2.24, 2.45) is 12.8 Å². The first-order valence-corrected chi connectivity index (χ1v) is 6.56. The molecule has 19 heavy (non-hydrogen) atoms. The predicted molar refractivity (Wildman–Crippen MR) is 76.9 cm³/mol. The molecule has 0 fully saturated rings. The molecule has 5 heteroatoms. The normalized spacial score (nSPS) is 10.7. The number of rotatable bonds is 6. The maximum atomic E-state index is 5.62. The highest BCUT2D eigenvalue weighted by Gasteiger charge is 2.09. The van der Waals surface area contributed by atoms with Crippen molar-refractivity contribution < 1.29 is 0 Å². The van der Waals surface area contributed by atoms with E-state index in [1.807, 2.05) is 13.2 Å². The van der Waals surface area contributed by atoms with Gasteiger partial charge < -0.3 is 10.6 Å². The maximum Gasteiger partial charge on any atom is 0.102 e. The molecule has 0 saturated carbocycles. The third kappa shape index (κ3) is 3.79. The number of aryl methyl sites for hydroxylation is 2. The van der Waals surface area contributed by atoms with Crippen molar-refractivity contribution in [3.63, 3.8) is 0 Å². The summed E-state index contributed by atoms with van der Waals surface area (Å²) in [6, 6.07) is 8.50. The quantitative estimate of drug-likeness (QED) is 0.853. The SMILES string of the molecule is Cc1cccc(N(CCCN)Cc2cn(C)nn2)c1. The summed E-state index contributed by atoms with van der Waals surface area (Å²) in [6.07, 6.45) is 2.92. The lowest BCUT2D eigenvalue weighted by Gasteiger charge is -2.24. The van der Waals surface area contributed by atoms with E-state index >= 15 is 0 Å². The van der Waals surface area contributed by atoms with E-state index in [1.165, 1.54) is 11.3 Å². The Balaban J connectivity index is 2.15. The minimum atomic E-state index is 0.697. The Bertz CT molecular complexity index is 520. The zero-order valence-electron chi connectivity index (χ0n) is 11.6. The van der Waals surface area contributed by atoms with Crippen LogP contribution in [0.4, 0.5) is 5.69 Å². The molecular formula is C14H21N5. The zero-order valence-corrected chi connectivity index (χ0v) is 11.6. The van der Waals surface area contributed by atoms with Crippen molar-refractivity contribution >= 4 is 5.69 Å². The summed E-state index contributed by atoms with van der Waals surface area (Å²) < 4.78 is 1.73. The Kier molecular flexibility index (Phi) is 4.52. The van der Waals surface area contributed by atoms with Crippen molar-refractivity contribution in [1.82, 2.24) is 15.0 Å². The largest absolute Gasteiger partial charge is 0.365 e. The van der Waals surface area contributed by atoms with Crippen LogP contribution in [-0.4, -0.2) is 28.1 Å². The molecule has 0 aliphatic heterocycles. The van der Waals surface area contributed by atoms with E-state index in [-0.39, 0.29) is 0 Å². The van der Waals surface area contributed by atoms with Crippen molar-refractivity contribution in [3.05, 3.63) is 41.7 Å². The summed E-state index contributed by atoms with van der Waals surface area (Å²) in [6.45, 7) is 4.49. The number of anilines is 1. The molecule has 1 heterocycles. The first-order chi connectivity index (χ1) is 9.19. The van der Waals surface area contributed by atoms with Gasteiger partial charge in [-0.15, -0.1) is 5.10 Å². The van der Waals surface area contributed by atoms with Gasteiger partial charge in [-0.05, 0) is 37.6 Å². The Morgan fingerprint density at radius 2 is 2.21 bits per heavy atom. The standard InChI is InChI=1S/C14H21N5/c1-12-5-3-6-14(9-12)19(8-4-7-15)11-13-10-18(2)17-16-13/h3,5-6,9-10H,4,7-8,11,15H2,1-2H3. The maximum absolute atomic E-state index is 5.62. The lowest BCUT2D eigenvalue weighted by molar-refractivity contribution is 0.706. The minimum Gasteiger partial charge on any atom is -0.365 e. The zero-order chi connectivity index (χ0) is 13.7. The van der Waals surface area contributed by atoms with Crippen LogP contribution >= 0.6 is 0 Å². The highest BCUT2D eigenvalue weighted by Crippen LogP contribution is 2.18. The van der Waals surface area contributed by atoms with E-state index in [4.69, 9.17) is 5.73 Å². The van der Waals surface area contributed by atoms with Crippen LogP contribution in [0.2, 0.25) is 0 Å². The molecule has 0 aliphatic carbocycles. The molecule has 5 nitrogen and oxygen atoms in total. The Hall–Kier alpha value is -1.88. The molecule has 0 bridgehead atoms. The molecular weight excluding hydrogens is 238 g/mol. The van der Waals surface area contributed by atoms with Crippen LogP contribution in [0, 0.1) is 6.92 Å². The lowest BCUT2D eigenvalue weighted by Crippen LogP contribution is -2.25. The first-order valence-electron chi connectivity index (χ1n) is 6.56. The van der Waals surface area contributed by atoms with Gasteiger partial charge in [0.05, 0.1) is 6.54 Å². The van der Waals surface area contributed by atoms with Crippen LogP contribution in [0.25, 0.3) is 0 Å². The number of nitrogens with zero attached hydrogens (tertiary/aromatic N) is 4. The fourth-order valence-corrected chi connectivity index (χ4v) is 2.07. The van der Waals surface area contributed by atoms with Gasteiger partial charge in [0.1, 0.15) is 5.69 Å². The van der Waals surface area contributed by atoms with E-state index in [2.05, 4.69) is 46.4 Å². The Morgan fingerprint density at radius 1 is 1.37 bits per heavy atom. The summed E-state index contributed by atoms with van der Waals surface area (Å²) in [4.78, 5) is 2.30. The molecule has 0 unspecified atom stereocenters. The molecule has 2 rings (SSSR count). The van der Waals surface area contributed by atoms with Gasteiger partial charge in [-0.2, -0.15) is 0 Å². The van der Waals surface area contributed by atoms with Crippen molar-refractivity contribution in [1.29, 1.82) is 0 Å². The molecule has 1 aromatic heterocycles. The van der Waals surface area contributed by atoms with Crippen molar-refractivity contribution in [3.8, 4) is 0 Å². The molecule has 0 radical (unpaired) electrons. The van der Waals surface area contributed by atoms with Crippen LogP contribution in [0.1, 0.15) is 17.7 Å². The van der Waals surface area contributed by atoms with Crippen molar-refractivity contribution in [2.45, 2.75) is 19.9 Å². The number of benzene rings is 1. The predicted octanol–water partition coefficient (Wildman–Crippen LogP) is 1.48. The molecule has 0 aliphatic rings. The highest BCUT2D eigenvalue weighted by atomic mass is 15.4. The van der Waals surface area contributed by atoms with Crippen LogP contribution < -0.4 is 10.6 Å². The molecule has 0 spiro atoms. The Labute approximate surface area is 114 Å². The molecule has 2 aromatic rings. The van der Waals surface area contributed by atoms with Crippen LogP contribution in [0.15, 0.2) is 30.5 Å². The average Bonchev–Trinajstić information content (AvgIpc) is 2.80.